The Hall–Kier alpha value is -1.69. The Morgan fingerprint density at radius 1 is 0.941 bits per heavy atom. The van der Waals surface area contributed by atoms with E-state index in [-0.39, 0.29) is 6.04 Å². The maximum atomic E-state index is 14.3. The number of morpholine rings is 1. The van der Waals surface area contributed by atoms with E-state index in [1.54, 1.807) is 23.0 Å². The van der Waals surface area contributed by atoms with Crippen LogP contribution in [-0.2, 0) is 9.30 Å². The van der Waals surface area contributed by atoms with Crippen LogP contribution in [0.15, 0.2) is 89.8 Å². The van der Waals surface area contributed by atoms with Gasteiger partial charge in [-0.25, -0.2) is 0 Å². The van der Waals surface area contributed by atoms with Crippen LogP contribution in [-0.4, -0.2) is 37.7 Å². The zero-order valence-electron chi connectivity index (χ0n) is 18.6. The second kappa shape index (κ2) is 12.3. The zero-order chi connectivity index (χ0) is 23.8. The second-order valence-electron chi connectivity index (χ2n) is 7.94. The standard InChI is InChI=1S/C26H27Cl2N2O2PS/c27-23(21-8-3-1-4-9-21)19-33(31,20-24(28)22-10-5-2-6-11-22)29-18-25(26-12-7-17-34-26)30-13-15-32-16-14-30/h1-12,17,19-20,25H,13-16,18H2,(H,29,31)/b23-19-,24-20+/t25-,33?/m0/s1. The van der Waals surface area contributed by atoms with Crippen LogP contribution in [0.25, 0.3) is 10.1 Å². The van der Waals surface area contributed by atoms with Crippen molar-refractivity contribution in [3.63, 3.8) is 0 Å². The summed E-state index contributed by atoms with van der Waals surface area (Å²) in [5.74, 6) is 3.22. The maximum Gasteiger partial charge on any atom is 0.193 e. The van der Waals surface area contributed by atoms with Crippen molar-refractivity contribution in [1.82, 2.24) is 9.99 Å². The van der Waals surface area contributed by atoms with Gasteiger partial charge in [0.2, 0.25) is 0 Å². The predicted molar refractivity (Wildman–Crippen MR) is 146 cm³/mol. The van der Waals surface area contributed by atoms with Crippen molar-refractivity contribution in [2.75, 3.05) is 32.8 Å². The molecule has 1 aliphatic heterocycles. The summed E-state index contributed by atoms with van der Waals surface area (Å²) < 4.78 is 19.8. The van der Waals surface area contributed by atoms with Crippen LogP contribution in [0.3, 0.4) is 0 Å². The Labute approximate surface area is 215 Å². The molecule has 0 spiro atoms. The summed E-state index contributed by atoms with van der Waals surface area (Å²) in [6, 6.07) is 23.3. The smallest absolute Gasteiger partial charge is 0.193 e. The van der Waals surface area contributed by atoms with Gasteiger partial charge >= 0.3 is 0 Å². The number of rotatable bonds is 9. The third-order valence-corrected chi connectivity index (χ3v) is 9.49. The first-order chi connectivity index (χ1) is 16.5. The van der Waals surface area contributed by atoms with Gasteiger partial charge in [-0.3, -0.25) is 14.6 Å². The van der Waals surface area contributed by atoms with Crippen LogP contribution in [0, 0.1) is 0 Å². The third kappa shape index (κ3) is 6.93. The van der Waals surface area contributed by atoms with E-state index in [9.17, 15) is 4.57 Å². The third-order valence-electron chi connectivity index (χ3n) is 5.60. The summed E-state index contributed by atoms with van der Waals surface area (Å²) in [6.07, 6.45) is 0. The molecule has 1 saturated heterocycles. The highest BCUT2D eigenvalue weighted by atomic mass is 35.5. The van der Waals surface area contributed by atoms with E-state index in [4.69, 9.17) is 27.9 Å². The summed E-state index contributed by atoms with van der Waals surface area (Å²) in [5, 5.41) is 6.25. The molecule has 0 saturated carbocycles. The van der Waals surface area contributed by atoms with E-state index < -0.39 is 7.29 Å². The summed E-state index contributed by atoms with van der Waals surface area (Å²) >= 11 is 15.0. The average molecular weight is 533 g/mol. The van der Waals surface area contributed by atoms with Crippen molar-refractivity contribution >= 4 is 51.9 Å². The van der Waals surface area contributed by atoms with Crippen LogP contribution in [0.5, 0.6) is 0 Å². The number of hydrogen-bond donors (Lipinski definition) is 1. The number of ether oxygens (including phenoxy) is 1. The van der Waals surface area contributed by atoms with E-state index in [0.29, 0.717) is 29.8 Å². The van der Waals surface area contributed by atoms with Crippen molar-refractivity contribution in [1.29, 1.82) is 0 Å². The van der Waals surface area contributed by atoms with E-state index in [1.807, 2.05) is 66.7 Å². The molecular formula is C26H27Cl2N2O2PS. The SMILES string of the molecule is O=P(/C=C(\Cl)c1ccccc1)(/C=C(/Cl)c1ccccc1)NC[C@@H](c1cccs1)N1CCOCC1. The molecule has 8 heteroatoms. The van der Waals surface area contributed by atoms with Crippen LogP contribution >= 0.6 is 41.8 Å². The molecule has 2 atom stereocenters. The summed E-state index contributed by atoms with van der Waals surface area (Å²) in [7, 11) is -3.26. The van der Waals surface area contributed by atoms with Crippen molar-refractivity contribution in [2.45, 2.75) is 6.04 Å². The Kier molecular flexibility index (Phi) is 9.21. The van der Waals surface area contributed by atoms with Crippen LogP contribution in [0.4, 0.5) is 0 Å². The maximum absolute atomic E-state index is 14.3. The van der Waals surface area contributed by atoms with Crippen LogP contribution in [0.2, 0.25) is 0 Å². The molecule has 2 aromatic carbocycles. The van der Waals surface area contributed by atoms with Crippen molar-refractivity contribution in [3.05, 3.63) is 106 Å². The zero-order valence-corrected chi connectivity index (χ0v) is 21.9. The Bertz CT molecular complexity index is 1090. The first kappa shape index (κ1) is 25.4. The second-order valence-corrected chi connectivity index (χ2v) is 12.0. The molecule has 1 N–H and O–H groups in total. The number of hydrogen-bond acceptors (Lipinski definition) is 4. The minimum atomic E-state index is -3.26. The van der Waals surface area contributed by atoms with Crippen LogP contribution < -0.4 is 5.09 Å². The molecule has 34 heavy (non-hydrogen) atoms. The molecule has 0 amide bonds. The average Bonchev–Trinajstić information content (AvgIpc) is 3.40. The molecule has 1 fully saturated rings. The fourth-order valence-corrected chi connectivity index (χ4v) is 7.49. The van der Waals surface area contributed by atoms with Crippen molar-refractivity contribution in [3.8, 4) is 0 Å². The fourth-order valence-electron chi connectivity index (χ4n) is 3.82. The van der Waals surface area contributed by atoms with Gasteiger partial charge in [-0.1, -0.05) is 89.9 Å². The molecule has 1 aromatic heterocycles. The Morgan fingerprint density at radius 2 is 1.50 bits per heavy atom. The lowest BCUT2D eigenvalue weighted by molar-refractivity contribution is 0.0179. The molecule has 1 aliphatic rings. The number of nitrogens with zero attached hydrogens (tertiary/aromatic N) is 1. The molecule has 2 heterocycles. The lowest BCUT2D eigenvalue weighted by atomic mass is 10.2. The molecule has 4 rings (SSSR count). The topological polar surface area (TPSA) is 41.6 Å². The number of thiophene rings is 1. The molecule has 0 aliphatic carbocycles. The lowest BCUT2D eigenvalue weighted by Crippen LogP contribution is -2.42. The van der Waals surface area contributed by atoms with Gasteiger partial charge in [0, 0.05) is 36.1 Å². The summed E-state index contributed by atoms with van der Waals surface area (Å²) in [6.45, 7) is 3.53. The minimum absolute atomic E-state index is 0.0741. The predicted octanol–water partition coefficient (Wildman–Crippen LogP) is 7.46. The summed E-state index contributed by atoms with van der Waals surface area (Å²) in [4.78, 5) is 3.59. The van der Waals surface area contributed by atoms with Gasteiger partial charge in [-0.15, -0.1) is 11.3 Å². The summed E-state index contributed by atoms with van der Waals surface area (Å²) in [5.41, 5.74) is 1.61. The Morgan fingerprint density at radius 3 is 2.00 bits per heavy atom. The lowest BCUT2D eigenvalue weighted by Gasteiger charge is -2.34. The molecule has 1 unspecified atom stereocenters. The molecule has 0 radical (unpaired) electrons. The first-order valence-electron chi connectivity index (χ1n) is 11.1. The van der Waals surface area contributed by atoms with Gasteiger partial charge < -0.3 is 4.74 Å². The molecule has 178 valence electrons. The first-order valence-corrected chi connectivity index (χ1v) is 14.6. The molecule has 3 aromatic rings. The van der Waals surface area contributed by atoms with E-state index in [2.05, 4.69) is 21.4 Å². The van der Waals surface area contributed by atoms with Crippen molar-refractivity contribution in [2.24, 2.45) is 0 Å². The van der Waals surface area contributed by atoms with Gasteiger partial charge in [0.15, 0.2) is 7.29 Å². The Balaban J connectivity index is 1.65. The molecular weight excluding hydrogens is 506 g/mol. The van der Waals surface area contributed by atoms with Gasteiger partial charge in [0.1, 0.15) is 0 Å². The highest BCUT2D eigenvalue weighted by Gasteiger charge is 2.27. The van der Waals surface area contributed by atoms with E-state index >= 15 is 0 Å². The van der Waals surface area contributed by atoms with Gasteiger partial charge in [-0.05, 0) is 22.6 Å². The number of nitrogens with one attached hydrogen (secondary N) is 1. The van der Waals surface area contributed by atoms with Gasteiger partial charge in [-0.2, -0.15) is 0 Å². The quantitative estimate of drug-likeness (QED) is 0.290. The highest BCUT2D eigenvalue weighted by Crippen LogP contribution is 2.50. The van der Waals surface area contributed by atoms with Gasteiger partial charge in [0.25, 0.3) is 0 Å². The highest BCUT2D eigenvalue weighted by molar-refractivity contribution is 7.68. The monoisotopic (exact) mass is 532 g/mol. The molecule has 4 nitrogen and oxygen atoms in total. The van der Waals surface area contributed by atoms with Gasteiger partial charge in [0.05, 0.1) is 29.3 Å². The van der Waals surface area contributed by atoms with E-state index in [0.717, 1.165) is 24.2 Å². The minimum Gasteiger partial charge on any atom is -0.379 e. The number of benzene rings is 2. The fraction of sp³-hybridized carbons (Fsp3) is 0.231. The molecule has 0 bridgehead atoms. The normalized spacial score (nSPS) is 18.4. The largest absolute Gasteiger partial charge is 0.379 e. The van der Waals surface area contributed by atoms with Crippen LogP contribution in [0.1, 0.15) is 22.0 Å². The van der Waals surface area contributed by atoms with Crippen molar-refractivity contribution < 1.29 is 9.30 Å². The van der Waals surface area contributed by atoms with E-state index in [1.165, 1.54) is 4.88 Å². The number of halogens is 2.